The molecule has 6 nitrogen and oxygen atoms in total. The number of pyridine rings is 1. The first kappa shape index (κ1) is 21.4. The van der Waals surface area contributed by atoms with Gasteiger partial charge in [0.15, 0.2) is 0 Å². The van der Waals surface area contributed by atoms with Gasteiger partial charge >= 0.3 is 0 Å². The zero-order chi connectivity index (χ0) is 18.9. The molecule has 0 aromatic carbocycles. The maximum absolute atomic E-state index is 12.7. The first-order valence-corrected chi connectivity index (χ1v) is 8.96. The summed E-state index contributed by atoms with van der Waals surface area (Å²) >= 11 is 0. The number of ether oxygens (including phenoxy) is 3. The lowest BCUT2D eigenvalue weighted by Crippen LogP contribution is -2.44. The number of rotatable bonds is 11. The Bertz CT molecular complexity index is 548. The third-order valence-electron chi connectivity index (χ3n) is 3.73. The molecule has 1 atom stereocenters. The van der Waals surface area contributed by atoms with Crippen molar-refractivity contribution in [2.75, 3.05) is 31.7 Å². The smallest absolute Gasteiger partial charge is 0.256 e. The second-order valence-electron chi connectivity index (χ2n) is 6.54. The van der Waals surface area contributed by atoms with Crippen molar-refractivity contribution in [3.05, 3.63) is 17.8 Å². The molecule has 0 fully saturated rings. The number of carbonyl (C=O) groups excluding carboxylic acids is 1. The molecule has 1 aromatic heterocycles. The summed E-state index contributed by atoms with van der Waals surface area (Å²) in [6.07, 6.45) is 0.651. The Balaban J connectivity index is 2.75. The SMILES string of the molecule is CCOCCOc1ccc(NC(=O)C(C)(CC(C)C)OCC)c(C)n1. The highest BCUT2D eigenvalue weighted by molar-refractivity contribution is 5.97. The van der Waals surface area contributed by atoms with Crippen molar-refractivity contribution < 1.29 is 19.0 Å². The fraction of sp³-hybridized carbons (Fsp3) is 0.684. The molecule has 0 bridgehead atoms. The van der Waals surface area contributed by atoms with Crippen LogP contribution >= 0.6 is 0 Å². The van der Waals surface area contributed by atoms with E-state index in [2.05, 4.69) is 24.1 Å². The van der Waals surface area contributed by atoms with Crippen LogP contribution in [0.5, 0.6) is 5.88 Å². The minimum Gasteiger partial charge on any atom is -0.475 e. The Kier molecular flexibility index (Phi) is 8.86. The van der Waals surface area contributed by atoms with Crippen molar-refractivity contribution in [1.29, 1.82) is 0 Å². The van der Waals surface area contributed by atoms with Crippen LogP contribution in [0.15, 0.2) is 12.1 Å². The summed E-state index contributed by atoms with van der Waals surface area (Å²) in [6, 6.07) is 3.55. The molecule has 0 aliphatic heterocycles. The summed E-state index contributed by atoms with van der Waals surface area (Å²) in [6.45, 7) is 13.8. The molecule has 0 saturated carbocycles. The van der Waals surface area contributed by atoms with E-state index < -0.39 is 5.60 Å². The van der Waals surface area contributed by atoms with Crippen molar-refractivity contribution in [3.63, 3.8) is 0 Å². The molecule has 6 heteroatoms. The van der Waals surface area contributed by atoms with Crippen LogP contribution in [0.2, 0.25) is 0 Å². The van der Waals surface area contributed by atoms with Crippen molar-refractivity contribution in [3.8, 4) is 5.88 Å². The van der Waals surface area contributed by atoms with E-state index in [9.17, 15) is 4.79 Å². The first-order valence-electron chi connectivity index (χ1n) is 8.96. The number of amides is 1. The summed E-state index contributed by atoms with van der Waals surface area (Å²) in [7, 11) is 0. The Morgan fingerprint density at radius 3 is 2.52 bits per heavy atom. The van der Waals surface area contributed by atoms with E-state index in [-0.39, 0.29) is 5.91 Å². The third-order valence-corrected chi connectivity index (χ3v) is 3.73. The molecule has 0 aliphatic rings. The molecule has 0 radical (unpaired) electrons. The van der Waals surface area contributed by atoms with Gasteiger partial charge in [-0.1, -0.05) is 13.8 Å². The summed E-state index contributed by atoms with van der Waals surface area (Å²) in [5, 5.41) is 2.94. The van der Waals surface area contributed by atoms with Gasteiger partial charge in [-0.15, -0.1) is 0 Å². The van der Waals surface area contributed by atoms with Crippen LogP contribution in [0.4, 0.5) is 5.69 Å². The number of anilines is 1. The molecule has 1 heterocycles. The van der Waals surface area contributed by atoms with Gasteiger partial charge < -0.3 is 19.5 Å². The fourth-order valence-corrected chi connectivity index (χ4v) is 2.67. The lowest BCUT2D eigenvalue weighted by molar-refractivity contribution is -0.140. The number of nitrogens with zero attached hydrogens (tertiary/aromatic N) is 1. The van der Waals surface area contributed by atoms with Gasteiger partial charge in [0.1, 0.15) is 12.2 Å². The van der Waals surface area contributed by atoms with Gasteiger partial charge in [-0.25, -0.2) is 4.98 Å². The highest BCUT2D eigenvalue weighted by atomic mass is 16.5. The lowest BCUT2D eigenvalue weighted by Gasteiger charge is -2.30. The molecule has 1 unspecified atom stereocenters. The van der Waals surface area contributed by atoms with Crippen LogP contribution in [0, 0.1) is 12.8 Å². The van der Waals surface area contributed by atoms with Crippen molar-refractivity contribution in [2.45, 2.75) is 53.6 Å². The second kappa shape index (κ2) is 10.4. The van der Waals surface area contributed by atoms with E-state index >= 15 is 0 Å². The number of aromatic nitrogens is 1. The fourth-order valence-electron chi connectivity index (χ4n) is 2.67. The Hall–Kier alpha value is -1.66. The predicted octanol–water partition coefficient (Wildman–Crippen LogP) is 3.59. The normalized spacial score (nSPS) is 13.6. The van der Waals surface area contributed by atoms with Crippen LogP contribution in [0.1, 0.15) is 46.7 Å². The molecule has 1 aromatic rings. The Morgan fingerprint density at radius 2 is 1.96 bits per heavy atom. The largest absolute Gasteiger partial charge is 0.475 e. The van der Waals surface area contributed by atoms with E-state index in [1.54, 1.807) is 12.1 Å². The molecule has 1 N–H and O–H groups in total. The Morgan fingerprint density at radius 1 is 1.24 bits per heavy atom. The van der Waals surface area contributed by atoms with Crippen molar-refractivity contribution in [1.82, 2.24) is 4.98 Å². The van der Waals surface area contributed by atoms with Crippen LogP contribution in [-0.2, 0) is 14.3 Å². The number of aryl methyl sites for hydroxylation is 1. The third kappa shape index (κ3) is 7.00. The number of hydrogen-bond acceptors (Lipinski definition) is 5. The molecule has 0 aliphatic carbocycles. The maximum atomic E-state index is 12.7. The second-order valence-corrected chi connectivity index (χ2v) is 6.54. The molecule has 0 saturated heterocycles. The quantitative estimate of drug-likeness (QED) is 0.616. The van der Waals surface area contributed by atoms with Gasteiger partial charge in [0.25, 0.3) is 5.91 Å². The average molecular weight is 352 g/mol. The molecule has 1 amide bonds. The summed E-state index contributed by atoms with van der Waals surface area (Å²) in [5.74, 6) is 0.713. The standard InChI is InChI=1S/C19H32N2O4/c1-7-23-11-12-24-17-10-9-16(15(5)20-17)21-18(22)19(6,25-8-2)13-14(3)4/h9-10,14H,7-8,11-13H2,1-6H3,(H,21,22). The van der Waals surface area contributed by atoms with E-state index in [0.717, 1.165) is 0 Å². The number of nitrogens with one attached hydrogen (secondary N) is 1. The van der Waals surface area contributed by atoms with Gasteiger partial charge in [-0.05, 0) is 46.1 Å². The molecular formula is C19H32N2O4. The van der Waals surface area contributed by atoms with Crippen LogP contribution < -0.4 is 10.1 Å². The lowest BCUT2D eigenvalue weighted by atomic mass is 9.93. The van der Waals surface area contributed by atoms with Crippen LogP contribution in [-0.4, -0.2) is 42.9 Å². The highest BCUT2D eigenvalue weighted by Gasteiger charge is 2.35. The molecule has 0 spiro atoms. The zero-order valence-electron chi connectivity index (χ0n) is 16.3. The van der Waals surface area contributed by atoms with Crippen LogP contribution in [0.3, 0.4) is 0 Å². The van der Waals surface area contributed by atoms with Crippen LogP contribution in [0.25, 0.3) is 0 Å². The Labute approximate surface area is 151 Å². The minimum absolute atomic E-state index is 0.155. The van der Waals surface area contributed by atoms with E-state index in [1.807, 2.05) is 27.7 Å². The topological polar surface area (TPSA) is 69.7 Å². The van der Waals surface area contributed by atoms with Gasteiger partial charge in [0.05, 0.1) is 18.0 Å². The van der Waals surface area contributed by atoms with Crippen molar-refractivity contribution >= 4 is 11.6 Å². The molecule has 142 valence electrons. The minimum atomic E-state index is -0.859. The predicted molar refractivity (Wildman–Crippen MR) is 99.1 cm³/mol. The van der Waals surface area contributed by atoms with Gasteiger partial charge in [0, 0.05) is 19.3 Å². The zero-order valence-corrected chi connectivity index (χ0v) is 16.3. The van der Waals surface area contributed by atoms with Gasteiger partial charge in [-0.3, -0.25) is 4.79 Å². The summed E-state index contributed by atoms with van der Waals surface area (Å²) in [4.78, 5) is 17.1. The van der Waals surface area contributed by atoms with E-state index in [0.29, 0.717) is 56.0 Å². The first-order chi connectivity index (χ1) is 11.8. The molecule has 25 heavy (non-hydrogen) atoms. The summed E-state index contributed by atoms with van der Waals surface area (Å²) < 4.78 is 16.5. The van der Waals surface area contributed by atoms with E-state index in [1.165, 1.54) is 0 Å². The van der Waals surface area contributed by atoms with Crippen molar-refractivity contribution in [2.24, 2.45) is 5.92 Å². The molecular weight excluding hydrogens is 320 g/mol. The summed E-state index contributed by atoms with van der Waals surface area (Å²) in [5.41, 5.74) is 0.504. The van der Waals surface area contributed by atoms with E-state index in [4.69, 9.17) is 14.2 Å². The maximum Gasteiger partial charge on any atom is 0.256 e. The van der Waals surface area contributed by atoms with Gasteiger partial charge in [0.2, 0.25) is 5.88 Å². The average Bonchev–Trinajstić information content (AvgIpc) is 2.53. The number of hydrogen-bond donors (Lipinski definition) is 1. The molecule has 1 rings (SSSR count). The van der Waals surface area contributed by atoms with Gasteiger partial charge in [-0.2, -0.15) is 0 Å². The monoisotopic (exact) mass is 352 g/mol. The highest BCUT2D eigenvalue weighted by Crippen LogP contribution is 2.25. The number of carbonyl (C=O) groups is 1.